The van der Waals surface area contributed by atoms with Crippen LogP contribution in [0.1, 0.15) is 12.5 Å². The SMILES string of the molecule is CC(N)C=O.Cc1ccc(S(=O)(=O)[N-]Cl)cc1.[Na+]. The molecule has 1 rings (SSSR count). The molecule has 1 atom stereocenters. The molecule has 0 spiro atoms. The van der Waals surface area contributed by atoms with Crippen molar-refractivity contribution in [3.05, 3.63) is 34.1 Å². The van der Waals surface area contributed by atoms with Crippen molar-refractivity contribution >= 4 is 28.1 Å². The Bertz CT molecular complexity index is 449. The Kier molecular flexibility index (Phi) is 11.2. The fraction of sp³-hybridized carbons (Fsp3) is 0.300. The molecule has 0 aliphatic heterocycles. The number of nitrogens with zero attached hydrogens (tertiary/aromatic N) is 1. The van der Waals surface area contributed by atoms with Gasteiger partial charge in [0, 0.05) is 4.90 Å². The van der Waals surface area contributed by atoms with E-state index in [-0.39, 0.29) is 40.5 Å². The number of carbonyl (C=O) groups is 1. The molecule has 1 aromatic carbocycles. The van der Waals surface area contributed by atoms with Crippen LogP contribution in [0, 0.1) is 6.92 Å². The molecule has 5 nitrogen and oxygen atoms in total. The zero-order chi connectivity index (χ0) is 13.5. The minimum atomic E-state index is -3.62. The van der Waals surface area contributed by atoms with E-state index in [4.69, 9.17) is 17.5 Å². The summed E-state index contributed by atoms with van der Waals surface area (Å²) in [6.45, 7) is 3.50. The summed E-state index contributed by atoms with van der Waals surface area (Å²) in [5, 5.41) is 0. The summed E-state index contributed by atoms with van der Waals surface area (Å²) in [5.41, 5.74) is 5.91. The van der Waals surface area contributed by atoms with Crippen molar-refractivity contribution in [1.29, 1.82) is 0 Å². The average molecular weight is 301 g/mol. The molecule has 2 N–H and O–H groups in total. The summed E-state index contributed by atoms with van der Waals surface area (Å²) in [5.74, 6) is 0. The standard InChI is InChI=1S/C7H7ClNO2S.C3H7NO.Na/c1-6-2-4-7(5-3-6)12(10,11)9-8;1-3(4)2-5;/h2-5H,1H3;2-3H,4H2,1H3;/q-1;;+1. The van der Waals surface area contributed by atoms with Gasteiger partial charge in [-0.3, -0.25) is 11.8 Å². The van der Waals surface area contributed by atoms with Crippen LogP contribution in [0.5, 0.6) is 0 Å². The van der Waals surface area contributed by atoms with Gasteiger partial charge < -0.3 is 14.8 Å². The number of aldehydes is 1. The molecule has 1 aromatic rings. The molecule has 0 aliphatic rings. The number of hydrogen-bond acceptors (Lipinski definition) is 4. The van der Waals surface area contributed by atoms with Gasteiger partial charge in [0.2, 0.25) is 0 Å². The number of nitrogens with two attached hydrogens (primary N) is 1. The van der Waals surface area contributed by atoms with Crippen molar-refractivity contribution in [2.75, 3.05) is 0 Å². The van der Waals surface area contributed by atoms with Gasteiger partial charge in [-0.15, -0.1) is 0 Å². The van der Waals surface area contributed by atoms with Crippen molar-refractivity contribution in [2.24, 2.45) is 5.73 Å². The summed E-state index contributed by atoms with van der Waals surface area (Å²) in [7, 11) is -3.62. The van der Waals surface area contributed by atoms with Gasteiger partial charge in [-0.05, 0) is 26.0 Å². The molecule has 0 saturated carbocycles. The fourth-order valence-electron chi connectivity index (χ4n) is 0.750. The van der Waals surface area contributed by atoms with E-state index in [2.05, 4.69) is 4.24 Å². The molecule has 0 aromatic heterocycles. The molecule has 0 aliphatic carbocycles. The van der Waals surface area contributed by atoms with E-state index in [1.54, 1.807) is 19.1 Å². The number of halogens is 1. The number of rotatable bonds is 3. The maximum atomic E-state index is 11.0. The first kappa shape index (κ1) is 20.4. The summed E-state index contributed by atoms with van der Waals surface area (Å²) < 4.78 is 24.8. The molecule has 1 unspecified atom stereocenters. The van der Waals surface area contributed by atoms with E-state index in [0.29, 0.717) is 6.29 Å². The molecule has 0 fully saturated rings. The second kappa shape index (κ2) is 9.91. The van der Waals surface area contributed by atoms with E-state index in [1.807, 2.05) is 6.92 Å². The molecule has 0 bridgehead atoms. The van der Waals surface area contributed by atoms with E-state index in [9.17, 15) is 13.2 Å². The quantitative estimate of drug-likeness (QED) is 0.558. The first-order valence-corrected chi connectivity index (χ1v) is 6.47. The fourth-order valence-corrected chi connectivity index (χ4v) is 1.55. The third-order valence-electron chi connectivity index (χ3n) is 1.62. The molecule has 18 heavy (non-hydrogen) atoms. The van der Waals surface area contributed by atoms with Crippen LogP contribution in [0.3, 0.4) is 0 Å². The first-order valence-electron chi connectivity index (χ1n) is 4.69. The Labute approximate surface area is 135 Å². The van der Waals surface area contributed by atoms with Crippen molar-refractivity contribution in [3.63, 3.8) is 0 Å². The van der Waals surface area contributed by atoms with Crippen LogP contribution in [-0.4, -0.2) is 20.7 Å². The zero-order valence-electron chi connectivity index (χ0n) is 10.5. The molecular weight excluding hydrogens is 287 g/mol. The summed E-state index contributed by atoms with van der Waals surface area (Å²) in [6, 6.07) is 6.02. The third-order valence-corrected chi connectivity index (χ3v) is 3.22. The van der Waals surface area contributed by atoms with E-state index in [0.717, 1.165) is 5.56 Å². The number of sulfonamides is 1. The zero-order valence-corrected chi connectivity index (χ0v) is 14.1. The smallest absolute Gasteiger partial charge is 0.458 e. The summed E-state index contributed by atoms with van der Waals surface area (Å²) in [6.07, 6.45) is 0.694. The molecule has 0 heterocycles. The van der Waals surface area contributed by atoms with E-state index in [1.165, 1.54) is 12.1 Å². The predicted octanol–water partition coefficient (Wildman–Crippen LogP) is -1.25. The molecule has 0 amide bonds. The van der Waals surface area contributed by atoms with E-state index >= 15 is 0 Å². The second-order valence-electron chi connectivity index (χ2n) is 3.35. The van der Waals surface area contributed by atoms with Gasteiger partial charge in [0.25, 0.3) is 0 Å². The Balaban J connectivity index is 0. The largest absolute Gasteiger partial charge is 1.00 e. The van der Waals surface area contributed by atoms with Gasteiger partial charge in [-0.1, -0.05) is 17.7 Å². The minimum Gasteiger partial charge on any atom is -0.458 e. The van der Waals surface area contributed by atoms with Crippen LogP contribution >= 0.6 is 11.8 Å². The molecule has 0 saturated heterocycles. The normalized spacial score (nSPS) is 11.6. The van der Waals surface area contributed by atoms with Gasteiger partial charge in [-0.2, -0.15) is 0 Å². The van der Waals surface area contributed by atoms with Gasteiger partial charge >= 0.3 is 29.6 Å². The first-order chi connectivity index (χ1) is 7.83. The minimum absolute atomic E-state index is 0. The molecule has 0 radical (unpaired) electrons. The maximum Gasteiger partial charge on any atom is 1.00 e. The number of carbonyl (C=O) groups excluding carboxylic acids is 1. The molecular formula is C10H14ClN2NaO3S. The van der Waals surface area contributed by atoms with Crippen molar-refractivity contribution in [2.45, 2.75) is 24.8 Å². The number of hydrogen-bond donors (Lipinski definition) is 1. The monoisotopic (exact) mass is 300 g/mol. The Morgan fingerprint density at radius 3 is 2.00 bits per heavy atom. The van der Waals surface area contributed by atoms with Crippen LogP contribution in [-0.2, 0) is 14.8 Å². The topological polar surface area (TPSA) is 91.3 Å². The second-order valence-corrected chi connectivity index (χ2v) is 5.33. The van der Waals surface area contributed by atoms with Crippen LogP contribution < -0.4 is 35.3 Å². The number of aryl methyl sites for hydroxylation is 1. The van der Waals surface area contributed by atoms with Crippen molar-refractivity contribution < 1.29 is 42.8 Å². The Hall–Kier alpha value is 0.0500. The third kappa shape index (κ3) is 8.20. The van der Waals surface area contributed by atoms with Crippen LogP contribution in [0.15, 0.2) is 29.2 Å². The molecule has 8 heteroatoms. The number of benzene rings is 1. The van der Waals surface area contributed by atoms with E-state index < -0.39 is 10.0 Å². The Morgan fingerprint density at radius 1 is 1.33 bits per heavy atom. The average Bonchev–Trinajstić information content (AvgIpc) is 2.30. The molecule has 96 valence electrons. The Morgan fingerprint density at radius 2 is 1.72 bits per heavy atom. The van der Waals surface area contributed by atoms with Crippen molar-refractivity contribution in [1.82, 2.24) is 0 Å². The van der Waals surface area contributed by atoms with Crippen LogP contribution in [0.2, 0.25) is 0 Å². The van der Waals surface area contributed by atoms with Gasteiger partial charge in [0.05, 0.1) is 6.04 Å². The maximum absolute atomic E-state index is 11.0. The van der Waals surface area contributed by atoms with Gasteiger partial charge in [0.15, 0.2) is 0 Å². The van der Waals surface area contributed by atoms with Crippen LogP contribution in [0.25, 0.3) is 4.24 Å². The van der Waals surface area contributed by atoms with Crippen molar-refractivity contribution in [3.8, 4) is 0 Å². The van der Waals surface area contributed by atoms with Gasteiger partial charge in [0.1, 0.15) is 16.3 Å². The summed E-state index contributed by atoms with van der Waals surface area (Å²) in [4.78, 5) is 9.49. The summed E-state index contributed by atoms with van der Waals surface area (Å²) >= 11 is 4.90. The van der Waals surface area contributed by atoms with Crippen LogP contribution in [0.4, 0.5) is 0 Å². The predicted molar refractivity (Wildman–Crippen MR) is 67.3 cm³/mol. The van der Waals surface area contributed by atoms with Gasteiger partial charge in [-0.25, -0.2) is 8.42 Å².